The summed E-state index contributed by atoms with van der Waals surface area (Å²) < 4.78 is 38.8. The number of thiophene rings is 1. The molecule has 1 amide bonds. The normalized spacial score (nSPS) is 12.6. The van der Waals surface area contributed by atoms with E-state index >= 15 is 0 Å². The van der Waals surface area contributed by atoms with Gasteiger partial charge in [0.25, 0.3) is 10.0 Å². The second kappa shape index (κ2) is 9.90. The van der Waals surface area contributed by atoms with Gasteiger partial charge in [-0.1, -0.05) is 19.9 Å². The maximum Gasteiger partial charge on any atom is 0.250 e. The minimum atomic E-state index is -3.78. The van der Waals surface area contributed by atoms with Gasteiger partial charge in [0, 0.05) is 6.07 Å². The Labute approximate surface area is 170 Å². The number of rotatable bonds is 10. The molecule has 2 rings (SSSR count). The molecule has 1 unspecified atom stereocenters. The Balaban J connectivity index is 2.25. The zero-order valence-electron chi connectivity index (χ0n) is 16.4. The van der Waals surface area contributed by atoms with Gasteiger partial charge in [0.05, 0.1) is 18.9 Å². The molecule has 1 aromatic carbocycles. The van der Waals surface area contributed by atoms with Crippen LogP contribution in [0.1, 0.15) is 27.7 Å². The number of sulfonamides is 1. The Morgan fingerprint density at radius 2 is 1.86 bits per heavy atom. The highest BCUT2D eigenvalue weighted by Gasteiger charge is 2.29. The molecule has 2 N–H and O–H groups in total. The van der Waals surface area contributed by atoms with Gasteiger partial charge in [-0.05, 0) is 43.3 Å². The van der Waals surface area contributed by atoms with Gasteiger partial charge in [-0.15, -0.1) is 11.3 Å². The zero-order chi connectivity index (χ0) is 20.7. The molecule has 2 aromatic rings. The molecule has 0 radical (unpaired) electrons. The van der Waals surface area contributed by atoms with Gasteiger partial charge in [-0.25, -0.2) is 8.42 Å². The monoisotopic (exact) mass is 426 g/mol. The molecule has 1 atom stereocenters. The number of hydrogen-bond donors (Lipinski definition) is 2. The largest absolute Gasteiger partial charge is 0.494 e. The highest BCUT2D eigenvalue weighted by atomic mass is 32.2. The molecule has 0 aliphatic carbocycles. The first kappa shape index (κ1) is 22.2. The van der Waals surface area contributed by atoms with Gasteiger partial charge in [0.15, 0.2) is 0 Å². The van der Waals surface area contributed by atoms with Crippen molar-refractivity contribution in [3.05, 3.63) is 35.7 Å². The summed E-state index contributed by atoms with van der Waals surface area (Å²) in [7, 11) is -3.78. The number of amides is 1. The van der Waals surface area contributed by atoms with E-state index in [0.29, 0.717) is 30.4 Å². The van der Waals surface area contributed by atoms with E-state index in [0.717, 1.165) is 11.3 Å². The standard InChI is InChI=1S/C19H26N2O5S2/c1-5-25-14-9-10-16(26-6-2)15(12-14)20-19(22)18(13(3)4)21-28(23,24)17-8-7-11-27-17/h7-13,18,21H,5-6H2,1-4H3,(H,20,22). The van der Waals surface area contributed by atoms with Crippen molar-refractivity contribution in [2.75, 3.05) is 18.5 Å². The molecule has 0 bridgehead atoms. The first-order valence-corrected chi connectivity index (χ1v) is 11.4. The summed E-state index contributed by atoms with van der Waals surface area (Å²) in [6.07, 6.45) is 0. The van der Waals surface area contributed by atoms with E-state index in [9.17, 15) is 13.2 Å². The van der Waals surface area contributed by atoms with Crippen molar-refractivity contribution < 1.29 is 22.7 Å². The van der Waals surface area contributed by atoms with Gasteiger partial charge in [-0.3, -0.25) is 4.79 Å². The van der Waals surface area contributed by atoms with Crippen LogP contribution in [0, 0.1) is 5.92 Å². The highest BCUT2D eigenvalue weighted by Crippen LogP contribution is 2.30. The summed E-state index contributed by atoms with van der Waals surface area (Å²) in [6, 6.07) is 7.33. The summed E-state index contributed by atoms with van der Waals surface area (Å²) in [5.41, 5.74) is 0.429. The lowest BCUT2D eigenvalue weighted by Crippen LogP contribution is -2.46. The minimum Gasteiger partial charge on any atom is -0.494 e. The maximum absolute atomic E-state index is 12.9. The number of carbonyl (C=O) groups excluding carboxylic acids is 1. The van der Waals surface area contributed by atoms with Crippen molar-refractivity contribution in [2.24, 2.45) is 5.92 Å². The van der Waals surface area contributed by atoms with E-state index in [1.165, 1.54) is 6.07 Å². The molecule has 0 spiro atoms. The fraction of sp³-hybridized carbons (Fsp3) is 0.421. The van der Waals surface area contributed by atoms with Crippen LogP contribution < -0.4 is 19.5 Å². The molecule has 0 saturated heterocycles. The van der Waals surface area contributed by atoms with E-state index in [2.05, 4.69) is 10.0 Å². The van der Waals surface area contributed by atoms with Gasteiger partial charge in [-0.2, -0.15) is 4.72 Å². The van der Waals surface area contributed by atoms with Gasteiger partial charge in [0.2, 0.25) is 5.91 Å². The van der Waals surface area contributed by atoms with Crippen molar-refractivity contribution in [1.82, 2.24) is 4.72 Å². The molecule has 154 valence electrons. The maximum atomic E-state index is 12.9. The molecule has 9 heteroatoms. The van der Waals surface area contributed by atoms with E-state index in [4.69, 9.17) is 9.47 Å². The van der Waals surface area contributed by atoms with Crippen molar-refractivity contribution in [3.8, 4) is 11.5 Å². The first-order chi connectivity index (χ1) is 13.3. The average Bonchev–Trinajstić information content (AvgIpc) is 3.18. The molecule has 0 saturated carbocycles. The Bertz CT molecular complexity index is 880. The summed E-state index contributed by atoms with van der Waals surface area (Å²) in [6.45, 7) is 8.17. The van der Waals surface area contributed by atoms with Crippen molar-refractivity contribution in [2.45, 2.75) is 37.9 Å². The third-order valence-corrected chi connectivity index (χ3v) is 6.65. The molecule has 1 heterocycles. The molecular formula is C19H26N2O5S2. The molecule has 0 aliphatic heterocycles. The quantitative estimate of drug-likeness (QED) is 0.607. The lowest BCUT2D eigenvalue weighted by atomic mass is 10.0. The fourth-order valence-electron chi connectivity index (χ4n) is 2.49. The molecule has 7 nitrogen and oxygen atoms in total. The summed E-state index contributed by atoms with van der Waals surface area (Å²) in [5, 5.41) is 4.45. The third-order valence-electron chi connectivity index (χ3n) is 3.81. The second-order valence-corrected chi connectivity index (χ2v) is 9.18. The zero-order valence-corrected chi connectivity index (χ0v) is 18.0. The van der Waals surface area contributed by atoms with Crippen LogP contribution in [-0.2, 0) is 14.8 Å². The molecule has 1 aromatic heterocycles. The second-order valence-electron chi connectivity index (χ2n) is 6.29. The van der Waals surface area contributed by atoms with Crippen LogP contribution in [0.2, 0.25) is 0 Å². The van der Waals surface area contributed by atoms with E-state index in [1.807, 2.05) is 13.8 Å². The predicted octanol–water partition coefficient (Wildman–Crippen LogP) is 3.49. The topological polar surface area (TPSA) is 93.7 Å². The van der Waals surface area contributed by atoms with E-state index in [-0.39, 0.29) is 10.1 Å². The Morgan fingerprint density at radius 1 is 1.14 bits per heavy atom. The number of nitrogens with one attached hydrogen (secondary N) is 2. The molecule has 0 aliphatic rings. The number of hydrogen-bond acceptors (Lipinski definition) is 6. The first-order valence-electron chi connectivity index (χ1n) is 9.04. The van der Waals surface area contributed by atoms with Crippen molar-refractivity contribution in [3.63, 3.8) is 0 Å². The van der Waals surface area contributed by atoms with Crippen molar-refractivity contribution in [1.29, 1.82) is 0 Å². The smallest absolute Gasteiger partial charge is 0.250 e. The summed E-state index contributed by atoms with van der Waals surface area (Å²) in [5.74, 6) is 0.342. The minimum absolute atomic E-state index is 0.166. The van der Waals surface area contributed by atoms with Crippen molar-refractivity contribution >= 4 is 33.0 Å². The third kappa shape index (κ3) is 5.70. The number of carbonyl (C=O) groups is 1. The van der Waals surface area contributed by atoms with Crippen LogP contribution in [0.3, 0.4) is 0 Å². The summed E-state index contributed by atoms with van der Waals surface area (Å²) >= 11 is 1.10. The lowest BCUT2D eigenvalue weighted by Gasteiger charge is -2.22. The highest BCUT2D eigenvalue weighted by molar-refractivity contribution is 7.91. The average molecular weight is 427 g/mol. The van der Waals surface area contributed by atoms with Crippen LogP contribution in [0.25, 0.3) is 0 Å². The SMILES string of the molecule is CCOc1ccc(OCC)c(NC(=O)C(NS(=O)(=O)c2cccs2)C(C)C)c1. The Morgan fingerprint density at radius 3 is 2.43 bits per heavy atom. The van der Waals surface area contributed by atoms with E-state index in [1.54, 1.807) is 43.5 Å². The van der Waals surface area contributed by atoms with Crippen LogP contribution in [0.15, 0.2) is 39.9 Å². The van der Waals surface area contributed by atoms with Crippen LogP contribution in [-0.4, -0.2) is 33.6 Å². The van der Waals surface area contributed by atoms with Crippen LogP contribution in [0.4, 0.5) is 5.69 Å². The summed E-state index contributed by atoms with van der Waals surface area (Å²) in [4.78, 5) is 12.9. The van der Waals surface area contributed by atoms with Crippen LogP contribution >= 0.6 is 11.3 Å². The molecular weight excluding hydrogens is 400 g/mol. The van der Waals surface area contributed by atoms with E-state index < -0.39 is 22.0 Å². The molecule has 28 heavy (non-hydrogen) atoms. The van der Waals surface area contributed by atoms with Gasteiger partial charge < -0.3 is 14.8 Å². The number of benzene rings is 1. The lowest BCUT2D eigenvalue weighted by molar-refractivity contribution is -0.118. The predicted molar refractivity (Wildman–Crippen MR) is 111 cm³/mol. The number of anilines is 1. The van der Waals surface area contributed by atoms with Crippen LogP contribution in [0.5, 0.6) is 11.5 Å². The van der Waals surface area contributed by atoms with Gasteiger partial charge in [0.1, 0.15) is 21.8 Å². The molecule has 0 fully saturated rings. The fourth-order valence-corrected chi connectivity index (χ4v) is 4.84. The number of ether oxygens (including phenoxy) is 2. The van der Waals surface area contributed by atoms with Gasteiger partial charge >= 0.3 is 0 Å². The Hall–Kier alpha value is -2.10. The Kier molecular flexibility index (Phi) is 7.85.